The van der Waals surface area contributed by atoms with Crippen LogP contribution in [0.2, 0.25) is 0 Å². The Morgan fingerprint density at radius 1 is 1.03 bits per heavy atom. The molecule has 2 aliphatic heterocycles. The molecule has 0 unspecified atom stereocenters. The lowest BCUT2D eigenvalue weighted by Gasteiger charge is -2.25. The van der Waals surface area contributed by atoms with Gasteiger partial charge in [0.2, 0.25) is 11.7 Å². The number of fused-ring (bicyclic) bond motifs is 1. The van der Waals surface area contributed by atoms with Crippen molar-refractivity contribution in [1.29, 1.82) is 0 Å². The normalized spacial score (nSPS) is 18.3. The Labute approximate surface area is 174 Å². The third kappa shape index (κ3) is 3.72. The molecular weight excluding hydrogens is 382 g/mol. The number of rotatable bonds is 4. The number of ether oxygens (including phenoxy) is 2. The van der Waals surface area contributed by atoms with Crippen molar-refractivity contribution in [1.82, 2.24) is 25.1 Å². The lowest BCUT2D eigenvalue weighted by atomic mass is 10.0. The molecule has 1 fully saturated rings. The van der Waals surface area contributed by atoms with E-state index in [4.69, 9.17) is 9.47 Å². The van der Waals surface area contributed by atoms with E-state index < -0.39 is 0 Å². The largest absolute Gasteiger partial charge is 0.490 e. The first-order valence-corrected chi connectivity index (χ1v) is 10.3. The summed E-state index contributed by atoms with van der Waals surface area (Å²) >= 11 is 0. The van der Waals surface area contributed by atoms with Gasteiger partial charge < -0.3 is 14.4 Å². The zero-order valence-electron chi connectivity index (χ0n) is 16.6. The number of benzene rings is 2. The molecule has 8 nitrogen and oxygen atoms in total. The minimum absolute atomic E-state index is 0.0124. The number of carbonyl (C=O) groups is 1. The van der Waals surface area contributed by atoms with Crippen molar-refractivity contribution in [3.63, 3.8) is 0 Å². The highest BCUT2D eigenvalue weighted by atomic mass is 16.5. The van der Waals surface area contributed by atoms with Crippen LogP contribution in [-0.2, 0) is 11.3 Å². The minimum Gasteiger partial charge on any atom is -0.490 e. The summed E-state index contributed by atoms with van der Waals surface area (Å²) in [6, 6.07) is 15.6. The van der Waals surface area contributed by atoms with Crippen LogP contribution in [0, 0.1) is 0 Å². The van der Waals surface area contributed by atoms with E-state index in [2.05, 4.69) is 15.4 Å². The van der Waals surface area contributed by atoms with Crippen LogP contribution in [0.4, 0.5) is 0 Å². The van der Waals surface area contributed by atoms with E-state index in [0.717, 1.165) is 48.4 Å². The molecule has 3 heterocycles. The Balaban J connectivity index is 1.31. The molecule has 1 atom stereocenters. The molecule has 1 amide bonds. The summed E-state index contributed by atoms with van der Waals surface area (Å²) in [5.74, 6) is 2.04. The quantitative estimate of drug-likeness (QED) is 0.664. The topological polar surface area (TPSA) is 82.4 Å². The monoisotopic (exact) mass is 405 g/mol. The Hall–Kier alpha value is -3.42. The second kappa shape index (κ2) is 8.14. The van der Waals surface area contributed by atoms with Gasteiger partial charge in [0, 0.05) is 18.5 Å². The highest BCUT2D eigenvalue weighted by Crippen LogP contribution is 2.38. The number of tetrazole rings is 1. The first-order valence-electron chi connectivity index (χ1n) is 10.3. The zero-order chi connectivity index (χ0) is 20.3. The first kappa shape index (κ1) is 18.6. The van der Waals surface area contributed by atoms with Crippen molar-refractivity contribution in [2.24, 2.45) is 0 Å². The van der Waals surface area contributed by atoms with Gasteiger partial charge in [0.25, 0.3) is 0 Å². The first-order chi connectivity index (χ1) is 14.8. The number of likely N-dealkylation sites (tertiary alicyclic amines) is 1. The molecule has 0 bridgehead atoms. The molecule has 2 aliphatic rings. The lowest BCUT2D eigenvalue weighted by molar-refractivity contribution is -0.133. The molecule has 0 N–H and O–H groups in total. The number of nitrogens with zero attached hydrogens (tertiary/aromatic N) is 5. The molecule has 0 spiro atoms. The minimum atomic E-state index is -0.0124. The molecule has 1 aromatic heterocycles. The SMILES string of the molecule is O=C(Cn1nnc(-c2ccccc2)n1)N1CCC[C@H]1c1ccc2c(c1)OCCCO2. The average molecular weight is 405 g/mol. The van der Waals surface area contributed by atoms with Crippen molar-refractivity contribution < 1.29 is 14.3 Å². The van der Waals surface area contributed by atoms with E-state index in [0.29, 0.717) is 19.0 Å². The number of amides is 1. The van der Waals surface area contributed by atoms with Gasteiger partial charge in [0.1, 0.15) is 6.54 Å². The second-order valence-corrected chi connectivity index (χ2v) is 7.51. The van der Waals surface area contributed by atoms with E-state index in [-0.39, 0.29) is 18.5 Å². The number of hydrogen-bond donors (Lipinski definition) is 0. The zero-order valence-corrected chi connectivity index (χ0v) is 16.6. The molecule has 154 valence electrons. The van der Waals surface area contributed by atoms with Crippen molar-refractivity contribution in [3.8, 4) is 22.9 Å². The molecule has 5 rings (SSSR count). The second-order valence-electron chi connectivity index (χ2n) is 7.51. The highest BCUT2D eigenvalue weighted by Gasteiger charge is 2.31. The van der Waals surface area contributed by atoms with Crippen molar-refractivity contribution in [2.75, 3.05) is 19.8 Å². The van der Waals surface area contributed by atoms with Gasteiger partial charge >= 0.3 is 0 Å². The van der Waals surface area contributed by atoms with E-state index >= 15 is 0 Å². The van der Waals surface area contributed by atoms with Gasteiger partial charge in [-0.3, -0.25) is 4.79 Å². The number of hydrogen-bond acceptors (Lipinski definition) is 6. The van der Waals surface area contributed by atoms with Crippen LogP contribution in [0.25, 0.3) is 11.4 Å². The molecule has 1 saturated heterocycles. The Morgan fingerprint density at radius 3 is 2.73 bits per heavy atom. The fourth-order valence-electron chi connectivity index (χ4n) is 4.02. The van der Waals surface area contributed by atoms with Crippen LogP contribution in [0.1, 0.15) is 30.9 Å². The van der Waals surface area contributed by atoms with Crippen LogP contribution >= 0.6 is 0 Å². The Kier molecular flexibility index (Phi) is 5.04. The van der Waals surface area contributed by atoms with E-state index in [1.165, 1.54) is 4.80 Å². The smallest absolute Gasteiger partial charge is 0.246 e. The fraction of sp³-hybridized carbons (Fsp3) is 0.364. The molecular formula is C22H23N5O3. The third-order valence-electron chi connectivity index (χ3n) is 5.49. The maximum Gasteiger partial charge on any atom is 0.246 e. The maximum absolute atomic E-state index is 13.0. The lowest BCUT2D eigenvalue weighted by Crippen LogP contribution is -2.34. The standard InChI is InChI=1S/C22H23N5O3/c28-21(15-27-24-22(23-25-27)16-6-2-1-3-7-16)26-11-4-8-18(26)17-9-10-19-20(14-17)30-13-5-12-29-19/h1-3,6-7,9-10,14,18H,4-5,8,11-13,15H2/t18-/m0/s1. The molecule has 0 saturated carbocycles. The summed E-state index contributed by atoms with van der Waals surface area (Å²) < 4.78 is 11.5. The molecule has 0 radical (unpaired) electrons. The van der Waals surface area contributed by atoms with Crippen LogP contribution < -0.4 is 9.47 Å². The fourth-order valence-corrected chi connectivity index (χ4v) is 4.02. The van der Waals surface area contributed by atoms with Crippen LogP contribution in [0.3, 0.4) is 0 Å². The van der Waals surface area contributed by atoms with Crippen LogP contribution in [0.5, 0.6) is 11.5 Å². The van der Waals surface area contributed by atoms with Gasteiger partial charge in [-0.25, -0.2) is 0 Å². The van der Waals surface area contributed by atoms with Gasteiger partial charge in [0.15, 0.2) is 11.5 Å². The van der Waals surface area contributed by atoms with Gasteiger partial charge in [-0.05, 0) is 35.8 Å². The summed E-state index contributed by atoms with van der Waals surface area (Å²) in [6.07, 6.45) is 2.75. The summed E-state index contributed by atoms with van der Waals surface area (Å²) in [5, 5.41) is 12.5. The average Bonchev–Trinajstić information content (AvgIpc) is 3.39. The summed E-state index contributed by atoms with van der Waals surface area (Å²) in [5.41, 5.74) is 1.95. The van der Waals surface area contributed by atoms with Crippen molar-refractivity contribution in [2.45, 2.75) is 31.8 Å². The predicted octanol–water partition coefficient (Wildman–Crippen LogP) is 2.87. The molecule has 0 aliphatic carbocycles. The van der Waals surface area contributed by atoms with E-state index in [1.54, 1.807) is 0 Å². The maximum atomic E-state index is 13.0. The van der Waals surface area contributed by atoms with E-state index in [1.807, 2.05) is 53.4 Å². The summed E-state index contributed by atoms with van der Waals surface area (Å²) in [6.45, 7) is 2.10. The predicted molar refractivity (Wildman–Crippen MR) is 109 cm³/mol. The molecule has 8 heteroatoms. The molecule has 30 heavy (non-hydrogen) atoms. The summed E-state index contributed by atoms with van der Waals surface area (Å²) in [7, 11) is 0. The van der Waals surface area contributed by atoms with Crippen LogP contribution in [0.15, 0.2) is 48.5 Å². The van der Waals surface area contributed by atoms with Crippen molar-refractivity contribution in [3.05, 3.63) is 54.1 Å². The van der Waals surface area contributed by atoms with Gasteiger partial charge in [-0.1, -0.05) is 36.4 Å². The van der Waals surface area contributed by atoms with E-state index in [9.17, 15) is 4.79 Å². The van der Waals surface area contributed by atoms with Crippen molar-refractivity contribution >= 4 is 5.91 Å². The van der Waals surface area contributed by atoms with Crippen LogP contribution in [-0.4, -0.2) is 50.8 Å². The van der Waals surface area contributed by atoms with Gasteiger partial charge in [-0.2, -0.15) is 4.80 Å². The third-order valence-corrected chi connectivity index (χ3v) is 5.49. The summed E-state index contributed by atoms with van der Waals surface area (Å²) in [4.78, 5) is 16.3. The van der Waals surface area contributed by atoms with Gasteiger partial charge in [-0.15, -0.1) is 10.2 Å². The number of aromatic nitrogens is 4. The van der Waals surface area contributed by atoms with Gasteiger partial charge in [0.05, 0.1) is 19.3 Å². The Bertz CT molecular complexity index is 1040. The molecule has 3 aromatic rings. The number of carbonyl (C=O) groups excluding carboxylic acids is 1. The Morgan fingerprint density at radius 2 is 1.87 bits per heavy atom. The highest BCUT2D eigenvalue weighted by molar-refractivity contribution is 5.76. The molecule has 2 aromatic carbocycles.